The second-order valence-corrected chi connectivity index (χ2v) is 5.20. The molecule has 0 saturated heterocycles. The zero-order valence-corrected chi connectivity index (χ0v) is 11.5. The zero-order valence-electron chi connectivity index (χ0n) is 11.5. The van der Waals surface area contributed by atoms with E-state index in [1.807, 2.05) is 6.07 Å². The summed E-state index contributed by atoms with van der Waals surface area (Å²) in [5.74, 6) is -0.451. The maximum atomic E-state index is 12.1. The number of amides is 1. The van der Waals surface area contributed by atoms with Crippen LogP contribution in [0.4, 0.5) is 5.69 Å². The average Bonchev–Trinajstić information content (AvgIpc) is 2.47. The van der Waals surface area contributed by atoms with E-state index < -0.39 is 5.91 Å². The van der Waals surface area contributed by atoms with E-state index in [0.717, 1.165) is 30.5 Å². The summed E-state index contributed by atoms with van der Waals surface area (Å²) in [5, 5.41) is 14.3. The highest BCUT2D eigenvalue weighted by atomic mass is 16.5. The summed E-state index contributed by atoms with van der Waals surface area (Å²) in [5.41, 5.74) is 8.68. The van der Waals surface area contributed by atoms with Gasteiger partial charge in [-0.1, -0.05) is 0 Å². The van der Waals surface area contributed by atoms with Crippen LogP contribution in [0.5, 0.6) is 0 Å². The minimum atomic E-state index is -0.451. The van der Waals surface area contributed by atoms with Crippen LogP contribution in [-0.4, -0.2) is 16.9 Å². The highest BCUT2D eigenvalue weighted by molar-refractivity contribution is 6.01. The fraction of sp³-hybridized carbons (Fsp3) is 0.267. The van der Waals surface area contributed by atoms with Crippen molar-refractivity contribution in [1.82, 2.24) is 4.98 Å². The zero-order chi connectivity index (χ0) is 14.8. The molecule has 1 aliphatic carbocycles. The van der Waals surface area contributed by atoms with Crippen molar-refractivity contribution >= 4 is 11.6 Å². The van der Waals surface area contributed by atoms with Gasteiger partial charge in [-0.3, -0.25) is 9.78 Å². The van der Waals surface area contributed by atoms with Gasteiger partial charge >= 0.3 is 5.91 Å². The molecule has 3 N–H and O–H groups in total. The van der Waals surface area contributed by atoms with Gasteiger partial charge in [0.05, 0.1) is 11.9 Å². The maximum absolute atomic E-state index is 12.1. The third-order valence-electron chi connectivity index (χ3n) is 3.61. The lowest BCUT2D eigenvalue weighted by atomic mass is 9.92. The number of nitrogens with zero attached hydrogens (tertiary/aromatic N) is 2. The molecule has 1 amide bonds. The third kappa shape index (κ3) is 2.85. The fourth-order valence-corrected chi connectivity index (χ4v) is 2.51. The molecule has 0 aromatic carbocycles. The van der Waals surface area contributed by atoms with E-state index in [-0.39, 0.29) is 11.7 Å². The second kappa shape index (κ2) is 5.49. The summed E-state index contributed by atoms with van der Waals surface area (Å²) >= 11 is 0. The van der Waals surface area contributed by atoms with E-state index >= 15 is 0 Å². The molecular formula is C15H16N4O2. The Bertz CT molecular complexity index is 687. The Hall–Kier alpha value is -2.47. The standard InChI is InChI=1S/C15H16N4O2/c16-11-4-5-13-10(7-11)8-12(9-17-13)18-15(20)14-3-1-2-6-19(14)21/h1-3,6,8-9,11H,4-5,7,16H2,(H,18,20). The Labute approximate surface area is 122 Å². The largest absolute Gasteiger partial charge is 0.618 e. The van der Waals surface area contributed by atoms with Gasteiger partial charge in [-0.15, -0.1) is 0 Å². The van der Waals surface area contributed by atoms with Gasteiger partial charge in [-0.05, 0) is 37.0 Å². The molecule has 0 aliphatic heterocycles. The number of aryl methyl sites for hydroxylation is 1. The number of fused-ring (bicyclic) bond motifs is 1. The molecule has 6 heteroatoms. The van der Waals surface area contributed by atoms with Crippen molar-refractivity contribution in [3.8, 4) is 0 Å². The Morgan fingerprint density at radius 1 is 1.48 bits per heavy atom. The predicted molar refractivity (Wildman–Crippen MR) is 77.6 cm³/mol. The average molecular weight is 284 g/mol. The molecule has 1 aliphatic rings. The Morgan fingerprint density at radius 3 is 3.14 bits per heavy atom. The normalized spacial score (nSPS) is 17.1. The number of nitrogens with two attached hydrogens (primary N) is 1. The number of hydrogen-bond donors (Lipinski definition) is 2. The Balaban J connectivity index is 1.81. The molecule has 6 nitrogen and oxygen atoms in total. The van der Waals surface area contributed by atoms with E-state index in [0.29, 0.717) is 10.4 Å². The van der Waals surface area contributed by atoms with E-state index in [9.17, 15) is 10.0 Å². The van der Waals surface area contributed by atoms with Crippen molar-refractivity contribution < 1.29 is 9.52 Å². The molecule has 3 rings (SSSR count). The molecule has 1 atom stereocenters. The topological polar surface area (TPSA) is 94.9 Å². The van der Waals surface area contributed by atoms with E-state index in [2.05, 4.69) is 10.3 Å². The summed E-state index contributed by atoms with van der Waals surface area (Å²) in [6.07, 6.45) is 5.47. The van der Waals surface area contributed by atoms with Gasteiger partial charge in [0, 0.05) is 23.9 Å². The number of hydrogen-bond acceptors (Lipinski definition) is 4. The molecule has 0 saturated carbocycles. The molecule has 108 valence electrons. The summed E-state index contributed by atoms with van der Waals surface area (Å²) in [6, 6.07) is 6.73. The first kappa shape index (κ1) is 13.5. The SMILES string of the molecule is NC1CCc2ncc(NC(=O)c3cccc[n+]3[O-])cc2C1. The van der Waals surface area contributed by atoms with Crippen molar-refractivity contribution in [3.05, 3.63) is 58.8 Å². The highest BCUT2D eigenvalue weighted by Gasteiger charge is 2.19. The van der Waals surface area contributed by atoms with Crippen LogP contribution in [0.1, 0.15) is 28.2 Å². The summed E-state index contributed by atoms with van der Waals surface area (Å²) in [7, 11) is 0. The van der Waals surface area contributed by atoms with Crippen molar-refractivity contribution in [2.24, 2.45) is 5.73 Å². The second-order valence-electron chi connectivity index (χ2n) is 5.20. The molecular weight excluding hydrogens is 268 g/mol. The molecule has 1 unspecified atom stereocenters. The lowest BCUT2D eigenvalue weighted by Gasteiger charge is -2.20. The van der Waals surface area contributed by atoms with Crippen LogP contribution in [0.15, 0.2) is 36.7 Å². The maximum Gasteiger partial charge on any atom is 0.321 e. The van der Waals surface area contributed by atoms with Crippen LogP contribution in [0.2, 0.25) is 0 Å². The number of pyridine rings is 2. The van der Waals surface area contributed by atoms with Crippen molar-refractivity contribution in [1.29, 1.82) is 0 Å². The van der Waals surface area contributed by atoms with Gasteiger partial charge in [0.25, 0.3) is 5.69 Å². The lowest BCUT2D eigenvalue weighted by molar-refractivity contribution is -0.607. The van der Waals surface area contributed by atoms with E-state index in [1.165, 1.54) is 12.3 Å². The number of carbonyl (C=O) groups excluding carboxylic acids is 1. The number of rotatable bonds is 2. The Kier molecular flexibility index (Phi) is 3.53. The fourth-order valence-electron chi connectivity index (χ4n) is 2.51. The molecule has 2 aromatic heterocycles. The van der Waals surface area contributed by atoms with Gasteiger partial charge in [0.1, 0.15) is 0 Å². The molecule has 21 heavy (non-hydrogen) atoms. The van der Waals surface area contributed by atoms with Crippen molar-refractivity contribution in [2.45, 2.75) is 25.3 Å². The first-order chi connectivity index (χ1) is 10.1. The minimum absolute atomic E-state index is 0.0481. The van der Waals surface area contributed by atoms with Crippen molar-refractivity contribution in [2.75, 3.05) is 5.32 Å². The third-order valence-corrected chi connectivity index (χ3v) is 3.61. The lowest BCUT2D eigenvalue weighted by Crippen LogP contribution is -2.36. The smallest absolute Gasteiger partial charge is 0.321 e. The minimum Gasteiger partial charge on any atom is -0.618 e. The number of anilines is 1. The van der Waals surface area contributed by atoms with Gasteiger partial charge in [0.15, 0.2) is 6.20 Å². The van der Waals surface area contributed by atoms with Crippen LogP contribution in [0.25, 0.3) is 0 Å². The molecule has 0 spiro atoms. The van der Waals surface area contributed by atoms with E-state index in [1.54, 1.807) is 18.3 Å². The van der Waals surface area contributed by atoms with Gasteiger partial charge in [0.2, 0.25) is 0 Å². The molecule has 0 bridgehead atoms. The van der Waals surface area contributed by atoms with Crippen LogP contribution in [-0.2, 0) is 12.8 Å². The van der Waals surface area contributed by atoms with Gasteiger partial charge in [-0.25, -0.2) is 0 Å². The van der Waals surface area contributed by atoms with E-state index in [4.69, 9.17) is 5.73 Å². The van der Waals surface area contributed by atoms with Crippen LogP contribution >= 0.6 is 0 Å². The summed E-state index contributed by atoms with van der Waals surface area (Å²) < 4.78 is 0.539. The number of nitrogens with one attached hydrogen (secondary N) is 1. The first-order valence-electron chi connectivity index (χ1n) is 6.86. The van der Waals surface area contributed by atoms with Crippen LogP contribution < -0.4 is 15.8 Å². The van der Waals surface area contributed by atoms with Crippen LogP contribution in [0.3, 0.4) is 0 Å². The number of carbonyl (C=O) groups is 1. The molecule has 2 aromatic rings. The monoisotopic (exact) mass is 284 g/mol. The summed E-state index contributed by atoms with van der Waals surface area (Å²) in [6.45, 7) is 0. The first-order valence-corrected chi connectivity index (χ1v) is 6.86. The molecule has 2 heterocycles. The van der Waals surface area contributed by atoms with Crippen molar-refractivity contribution in [3.63, 3.8) is 0 Å². The molecule has 0 fully saturated rings. The van der Waals surface area contributed by atoms with Gasteiger partial charge in [-0.2, -0.15) is 4.73 Å². The van der Waals surface area contributed by atoms with Crippen LogP contribution in [0, 0.1) is 5.21 Å². The highest BCUT2D eigenvalue weighted by Crippen LogP contribution is 2.21. The molecule has 0 radical (unpaired) electrons. The predicted octanol–water partition coefficient (Wildman–Crippen LogP) is 0.783. The Morgan fingerprint density at radius 2 is 2.33 bits per heavy atom. The summed E-state index contributed by atoms with van der Waals surface area (Å²) in [4.78, 5) is 16.5. The number of aromatic nitrogens is 2. The quantitative estimate of drug-likeness (QED) is 0.629. The van der Waals surface area contributed by atoms with Gasteiger partial charge < -0.3 is 16.3 Å².